The normalized spacial score (nSPS) is 19.1. The van der Waals surface area contributed by atoms with Gasteiger partial charge < -0.3 is 0 Å². The molecule has 1 saturated heterocycles. The molecule has 3 heterocycles. The van der Waals surface area contributed by atoms with Crippen LogP contribution in [0.4, 0.5) is 0 Å². The summed E-state index contributed by atoms with van der Waals surface area (Å²) in [7, 11) is -0.225. The van der Waals surface area contributed by atoms with Crippen LogP contribution in [0.2, 0.25) is 0 Å². The van der Waals surface area contributed by atoms with Crippen LogP contribution in [-0.2, 0) is 16.6 Å². The highest BCUT2D eigenvalue weighted by Gasteiger charge is 2.31. The molecular formula is C18H28N6O2S. The summed E-state index contributed by atoms with van der Waals surface area (Å²) < 4.78 is 29.7. The first-order valence-corrected chi connectivity index (χ1v) is 10.7. The fourth-order valence-electron chi connectivity index (χ4n) is 3.41. The molecule has 0 aromatic carbocycles. The van der Waals surface area contributed by atoms with E-state index in [0.717, 1.165) is 29.8 Å². The summed E-state index contributed by atoms with van der Waals surface area (Å²) in [5.74, 6) is 0.226. The van der Waals surface area contributed by atoms with Gasteiger partial charge in [0.1, 0.15) is 0 Å². The van der Waals surface area contributed by atoms with Crippen molar-refractivity contribution in [2.75, 3.05) is 27.2 Å². The lowest BCUT2D eigenvalue weighted by atomic mass is 9.93. The molecule has 1 aliphatic rings. The van der Waals surface area contributed by atoms with Crippen molar-refractivity contribution in [1.29, 1.82) is 0 Å². The van der Waals surface area contributed by atoms with E-state index in [4.69, 9.17) is 0 Å². The Morgan fingerprint density at radius 1 is 1.26 bits per heavy atom. The molecule has 3 rings (SSSR count). The summed E-state index contributed by atoms with van der Waals surface area (Å²) in [4.78, 5) is 9.07. The van der Waals surface area contributed by atoms with Gasteiger partial charge in [0.2, 0.25) is 0 Å². The van der Waals surface area contributed by atoms with Crippen molar-refractivity contribution in [3.8, 4) is 11.3 Å². The lowest BCUT2D eigenvalue weighted by Gasteiger charge is -2.33. The highest BCUT2D eigenvalue weighted by atomic mass is 32.2. The van der Waals surface area contributed by atoms with Crippen molar-refractivity contribution in [2.24, 2.45) is 5.92 Å². The highest BCUT2D eigenvalue weighted by Crippen LogP contribution is 2.27. The number of aromatic nitrogens is 4. The zero-order chi connectivity index (χ0) is 19.6. The maximum atomic E-state index is 12.5. The Bertz CT molecular complexity index is 877. The molecule has 27 heavy (non-hydrogen) atoms. The van der Waals surface area contributed by atoms with Gasteiger partial charge in [0.05, 0.1) is 17.6 Å². The second-order valence-electron chi connectivity index (χ2n) is 7.51. The predicted octanol–water partition coefficient (Wildman–Crippen LogP) is 1.98. The third-order valence-corrected chi connectivity index (χ3v) is 6.84. The molecule has 2 aromatic rings. The number of nitrogens with zero attached hydrogens (tertiary/aromatic N) is 6. The fourth-order valence-corrected chi connectivity index (χ4v) is 4.63. The Labute approximate surface area is 161 Å². The van der Waals surface area contributed by atoms with Crippen LogP contribution in [0.15, 0.2) is 24.8 Å². The Balaban J connectivity index is 1.80. The molecule has 1 unspecified atom stereocenters. The lowest BCUT2D eigenvalue weighted by Crippen LogP contribution is -2.45. The molecule has 8 nitrogen and oxygen atoms in total. The van der Waals surface area contributed by atoms with E-state index in [1.807, 2.05) is 17.1 Å². The molecule has 1 aliphatic heterocycles. The molecule has 0 spiro atoms. The van der Waals surface area contributed by atoms with E-state index in [9.17, 15) is 8.42 Å². The van der Waals surface area contributed by atoms with E-state index in [1.54, 1.807) is 30.8 Å². The topological polar surface area (TPSA) is 84.2 Å². The average Bonchev–Trinajstić information content (AvgIpc) is 3.12. The van der Waals surface area contributed by atoms with Crippen LogP contribution in [0.1, 0.15) is 38.4 Å². The fraction of sp³-hybridized carbons (Fsp3) is 0.611. The Morgan fingerprint density at radius 3 is 2.67 bits per heavy atom. The van der Waals surface area contributed by atoms with Crippen molar-refractivity contribution in [3.63, 3.8) is 0 Å². The molecule has 2 aromatic heterocycles. The number of piperidine rings is 1. The minimum atomic E-state index is -3.38. The average molecular weight is 393 g/mol. The minimum absolute atomic E-state index is 0.226. The molecule has 1 fully saturated rings. The van der Waals surface area contributed by atoms with E-state index in [2.05, 4.69) is 28.9 Å². The van der Waals surface area contributed by atoms with Crippen LogP contribution in [0, 0.1) is 5.92 Å². The Kier molecular flexibility index (Phi) is 5.92. The quantitative estimate of drug-likeness (QED) is 0.750. The molecule has 0 amide bonds. The maximum Gasteiger partial charge on any atom is 0.281 e. The van der Waals surface area contributed by atoms with Crippen LogP contribution in [-0.4, -0.2) is 64.0 Å². The van der Waals surface area contributed by atoms with E-state index in [1.165, 1.54) is 4.31 Å². The van der Waals surface area contributed by atoms with Crippen LogP contribution < -0.4 is 0 Å². The standard InChI is InChI=1S/C18H28N6O2S/c1-14(2)24-13-16(11-21-24)18-17(19-7-8-20-18)10-15-6-5-9-23(12-15)27(25,26)22(3)4/h7-8,11,13-15H,5-6,9-10,12H2,1-4H3. The summed E-state index contributed by atoms with van der Waals surface area (Å²) in [6.45, 7) is 5.25. The van der Waals surface area contributed by atoms with Gasteiger partial charge in [0.25, 0.3) is 10.2 Å². The van der Waals surface area contributed by atoms with Gasteiger partial charge in [0.15, 0.2) is 0 Å². The first-order chi connectivity index (χ1) is 12.8. The van der Waals surface area contributed by atoms with Gasteiger partial charge >= 0.3 is 0 Å². The smallest absolute Gasteiger partial charge is 0.270 e. The predicted molar refractivity (Wildman–Crippen MR) is 104 cm³/mol. The summed E-state index contributed by atoms with van der Waals surface area (Å²) >= 11 is 0. The monoisotopic (exact) mass is 392 g/mol. The second kappa shape index (κ2) is 8.04. The van der Waals surface area contributed by atoms with Gasteiger partial charge in [-0.25, -0.2) is 0 Å². The molecule has 9 heteroatoms. The number of hydrogen-bond donors (Lipinski definition) is 0. The molecule has 0 aliphatic carbocycles. The van der Waals surface area contributed by atoms with Gasteiger partial charge in [-0.3, -0.25) is 14.6 Å². The second-order valence-corrected chi connectivity index (χ2v) is 9.66. The maximum absolute atomic E-state index is 12.5. The summed E-state index contributed by atoms with van der Waals surface area (Å²) in [6, 6.07) is 0.280. The highest BCUT2D eigenvalue weighted by molar-refractivity contribution is 7.86. The first kappa shape index (κ1) is 19.9. The number of rotatable bonds is 6. The van der Waals surface area contributed by atoms with Crippen molar-refractivity contribution >= 4 is 10.2 Å². The first-order valence-electron chi connectivity index (χ1n) is 9.31. The molecular weight excluding hydrogens is 364 g/mol. The largest absolute Gasteiger partial charge is 0.281 e. The van der Waals surface area contributed by atoms with Crippen molar-refractivity contribution in [2.45, 2.75) is 39.2 Å². The van der Waals surface area contributed by atoms with Crippen molar-refractivity contribution in [3.05, 3.63) is 30.5 Å². The molecule has 148 valence electrons. The third kappa shape index (κ3) is 4.36. The van der Waals surface area contributed by atoms with Crippen LogP contribution in [0.25, 0.3) is 11.3 Å². The zero-order valence-electron chi connectivity index (χ0n) is 16.4. The van der Waals surface area contributed by atoms with Crippen LogP contribution in [0.3, 0.4) is 0 Å². The lowest BCUT2D eigenvalue weighted by molar-refractivity contribution is 0.253. The third-order valence-electron chi connectivity index (χ3n) is 4.93. The van der Waals surface area contributed by atoms with E-state index >= 15 is 0 Å². The molecule has 0 radical (unpaired) electrons. The van der Waals surface area contributed by atoms with E-state index in [-0.39, 0.29) is 12.0 Å². The summed E-state index contributed by atoms with van der Waals surface area (Å²) in [5, 5.41) is 4.40. The molecule has 0 saturated carbocycles. The molecule has 1 atom stereocenters. The van der Waals surface area contributed by atoms with Gasteiger partial charge in [-0.1, -0.05) is 0 Å². The molecule has 0 N–H and O–H groups in total. The van der Waals surface area contributed by atoms with Gasteiger partial charge in [-0.05, 0) is 39.0 Å². The van der Waals surface area contributed by atoms with E-state index in [0.29, 0.717) is 19.5 Å². The van der Waals surface area contributed by atoms with Crippen molar-refractivity contribution in [1.82, 2.24) is 28.4 Å². The van der Waals surface area contributed by atoms with Crippen molar-refractivity contribution < 1.29 is 8.42 Å². The Hall–Kier alpha value is -1.84. The zero-order valence-corrected chi connectivity index (χ0v) is 17.2. The van der Waals surface area contributed by atoms with Gasteiger partial charge in [-0.15, -0.1) is 0 Å². The van der Waals surface area contributed by atoms with Crippen LogP contribution in [0.5, 0.6) is 0 Å². The molecule has 0 bridgehead atoms. The summed E-state index contributed by atoms with van der Waals surface area (Å²) in [6.07, 6.45) is 9.74. The SMILES string of the molecule is CC(C)n1cc(-c2nccnc2CC2CCCN(S(=O)(=O)N(C)C)C2)cn1. The number of hydrogen-bond acceptors (Lipinski definition) is 5. The van der Waals surface area contributed by atoms with E-state index < -0.39 is 10.2 Å². The summed E-state index contributed by atoms with van der Waals surface area (Å²) in [5.41, 5.74) is 2.67. The van der Waals surface area contributed by atoms with Crippen LogP contribution >= 0.6 is 0 Å². The van der Waals surface area contributed by atoms with Gasteiger partial charge in [-0.2, -0.15) is 22.1 Å². The minimum Gasteiger partial charge on any atom is -0.270 e. The Morgan fingerprint density at radius 2 is 2.00 bits per heavy atom. The van der Waals surface area contributed by atoms with Gasteiger partial charge in [0, 0.05) is 57.4 Å².